The third-order valence-electron chi connectivity index (χ3n) is 3.76. The molecule has 2 unspecified atom stereocenters. The van der Waals surface area contributed by atoms with Gasteiger partial charge in [0.05, 0.1) is 5.02 Å². The molecule has 4 nitrogen and oxygen atoms in total. The van der Waals surface area contributed by atoms with E-state index in [9.17, 15) is 8.42 Å². The van der Waals surface area contributed by atoms with E-state index < -0.39 is 10.0 Å². The molecule has 21 heavy (non-hydrogen) atoms. The molecule has 0 saturated carbocycles. The molecule has 0 radical (unpaired) electrons. The summed E-state index contributed by atoms with van der Waals surface area (Å²) in [6.07, 6.45) is 2.13. The fourth-order valence-electron chi connectivity index (χ4n) is 2.53. The Morgan fingerprint density at radius 3 is 2.71 bits per heavy atom. The van der Waals surface area contributed by atoms with Crippen LogP contribution in [0.2, 0.25) is 5.02 Å². The molecule has 1 aliphatic rings. The minimum absolute atomic E-state index is 0. The summed E-state index contributed by atoms with van der Waals surface area (Å²) in [7, 11) is -3.57. The lowest BCUT2D eigenvalue weighted by Crippen LogP contribution is -2.44. The molecular weight excluding hydrogens is 331 g/mol. The molecule has 0 aliphatic carbocycles. The number of sulfonamides is 1. The molecule has 1 heterocycles. The van der Waals surface area contributed by atoms with Gasteiger partial charge in [0.25, 0.3) is 0 Å². The van der Waals surface area contributed by atoms with Crippen LogP contribution in [-0.2, 0) is 10.0 Å². The van der Waals surface area contributed by atoms with Gasteiger partial charge in [-0.15, -0.1) is 12.4 Å². The molecule has 7 heteroatoms. The van der Waals surface area contributed by atoms with Gasteiger partial charge in [-0.05, 0) is 63.4 Å². The largest absolute Gasteiger partial charge is 0.316 e. The number of benzene rings is 1. The Kier molecular flexibility index (Phi) is 6.94. The minimum atomic E-state index is -3.57. The highest BCUT2D eigenvalue weighted by Gasteiger charge is 2.26. The van der Waals surface area contributed by atoms with Crippen LogP contribution in [0.1, 0.15) is 25.3 Å². The lowest BCUT2D eigenvalue weighted by atomic mass is 9.94. The summed E-state index contributed by atoms with van der Waals surface area (Å²) in [4.78, 5) is 0.153. The molecule has 2 rings (SSSR count). The summed E-state index contributed by atoms with van der Waals surface area (Å²) < 4.78 is 27.6. The maximum absolute atomic E-state index is 12.4. The van der Waals surface area contributed by atoms with Crippen molar-refractivity contribution >= 4 is 34.0 Å². The Labute approximate surface area is 138 Å². The van der Waals surface area contributed by atoms with Gasteiger partial charge in [-0.25, -0.2) is 13.1 Å². The van der Waals surface area contributed by atoms with Crippen molar-refractivity contribution in [3.05, 3.63) is 28.8 Å². The van der Waals surface area contributed by atoms with Gasteiger partial charge in [0, 0.05) is 6.04 Å². The molecule has 0 amide bonds. The van der Waals surface area contributed by atoms with Crippen LogP contribution in [0.15, 0.2) is 23.1 Å². The number of aryl methyl sites for hydroxylation is 1. The fraction of sp³-hybridized carbons (Fsp3) is 0.571. The Hall–Kier alpha value is -0.330. The lowest BCUT2D eigenvalue weighted by molar-refractivity contribution is 0.320. The number of piperidine rings is 1. The summed E-state index contributed by atoms with van der Waals surface area (Å²) >= 11 is 6.05. The second kappa shape index (κ2) is 7.79. The first-order valence-corrected chi connectivity index (χ1v) is 8.75. The first-order valence-electron chi connectivity index (χ1n) is 6.89. The second-order valence-corrected chi connectivity index (χ2v) is 7.54. The van der Waals surface area contributed by atoms with Crippen molar-refractivity contribution in [3.63, 3.8) is 0 Å². The molecule has 1 aromatic rings. The van der Waals surface area contributed by atoms with Crippen LogP contribution in [0.3, 0.4) is 0 Å². The maximum atomic E-state index is 12.4. The number of rotatable bonds is 4. The van der Waals surface area contributed by atoms with Gasteiger partial charge in [0.1, 0.15) is 4.90 Å². The Morgan fingerprint density at radius 2 is 2.14 bits per heavy atom. The minimum Gasteiger partial charge on any atom is -0.316 e. The molecule has 0 aromatic heterocycles. The molecule has 0 spiro atoms. The second-order valence-electron chi connectivity index (χ2n) is 5.45. The number of nitrogens with one attached hydrogen (secondary N) is 2. The van der Waals surface area contributed by atoms with Crippen molar-refractivity contribution in [3.8, 4) is 0 Å². The van der Waals surface area contributed by atoms with Gasteiger partial charge >= 0.3 is 0 Å². The zero-order chi connectivity index (χ0) is 14.8. The van der Waals surface area contributed by atoms with Crippen LogP contribution >= 0.6 is 24.0 Å². The first-order chi connectivity index (χ1) is 9.40. The standard InChI is InChI=1S/C14H21ClN2O2S.ClH/c1-10-5-6-14(13(15)8-10)20(18,19)17-11(2)12-4-3-7-16-9-12;/h5-6,8,11-12,16-17H,3-4,7,9H2,1-2H3;1H. The van der Waals surface area contributed by atoms with Gasteiger partial charge in [0.15, 0.2) is 0 Å². The third-order valence-corrected chi connectivity index (χ3v) is 5.80. The molecule has 0 bridgehead atoms. The highest BCUT2D eigenvalue weighted by molar-refractivity contribution is 7.89. The van der Waals surface area contributed by atoms with Gasteiger partial charge in [0.2, 0.25) is 10.0 Å². The van der Waals surface area contributed by atoms with E-state index in [4.69, 9.17) is 11.6 Å². The third kappa shape index (κ3) is 4.83. The predicted octanol–water partition coefficient (Wildman–Crippen LogP) is 2.74. The van der Waals surface area contributed by atoms with Gasteiger partial charge in [-0.2, -0.15) is 0 Å². The molecule has 1 aliphatic heterocycles. The van der Waals surface area contributed by atoms with Gasteiger partial charge < -0.3 is 5.32 Å². The molecule has 1 saturated heterocycles. The quantitative estimate of drug-likeness (QED) is 0.875. The Morgan fingerprint density at radius 1 is 1.43 bits per heavy atom. The van der Waals surface area contributed by atoms with E-state index in [1.807, 2.05) is 13.8 Å². The normalized spacial score (nSPS) is 20.6. The van der Waals surface area contributed by atoms with Crippen LogP contribution in [0.5, 0.6) is 0 Å². The van der Waals surface area contributed by atoms with Crippen molar-refractivity contribution in [2.75, 3.05) is 13.1 Å². The van der Waals surface area contributed by atoms with Crippen molar-refractivity contribution in [1.82, 2.24) is 10.0 Å². The predicted molar refractivity (Wildman–Crippen MR) is 88.8 cm³/mol. The SMILES string of the molecule is Cc1ccc(S(=O)(=O)NC(C)C2CCCNC2)c(Cl)c1.Cl. The lowest BCUT2D eigenvalue weighted by Gasteiger charge is -2.28. The highest BCUT2D eigenvalue weighted by Crippen LogP contribution is 2.24. The van der Waals surface area contributed by atoms with Crippen LogP contribution in [0.25, 0.3) is 0 Å². The van der Waals surface area contributed by atoms with E-state index in [-0.39, 0.29) is 28.4 Å². The number of halogens is 2. The average molecular weight is 353 g/mol. The summed E-state index contributed by atoms with van der Waals surface area (Å²) in [5, 5.41) is 3.57. The molecule has 1 aromatic carbocycles. The average Bonchev–Trinajstić information content (AvgIpc) is 2.38. The highest BCUT2D eigenvalue weighted by atomic mass is 35.5. The van der Waals surface area contributed by atoms with E-state index in [1.54, 1.807) is 18.2 Å². The topological polar surface area (TPSA) is 58.2 Å². The Bertz CT molecular complexity index is 572. The van der Waals surface area contributed by atoms with Gasteiger partial charge in [-0.3, -0.25) is 0 Å². The van der Waals surface area contributed by atoms with Gasteiger partial charge in [-0.1, -0.05) is 17.7 Å². The zero-order valence-electron chi connectivity index (χ0n) is 12.2. The molecule has 120 valence electrons. The van der Waals surface area contributed by atoms with Crippen LogP contribution in [-0.4, -0.2) is 27.5 Å². The zero-order valence-corrected chi connectivity index (χ0v) is 14.6. The molecule has 1 fully saturated rings. The van der Waals surface area contributed by atoms with E-state index in [0.717, 1.165) is 31.5 Å². The Balaban J connectivity index is 0.00000220. The van der Waals surface area contributed by atoms with Crippen LogP contribution in [0.4, 0.5) is 0 Å². The summed E-state index contributed by atoms with van der Waals surface area (Å²) in [6, 6.07) is 4.88. The summed E-state index contributed by atoms with van der Waals surface area (Å²) in [5.74, 6) is 0.322. The van der Waals surface area contributed by atoms with E-state index in [2.05, 4.69) is 10.0 Å². The van der Waals surface area contributed by atoms with Crippen molar-refractivity contribution < 1.29 is 8.42 Å². The molecule has 2 N–H and O–H groups in total. The first kappa shape index (κ1) is 18.7. The summed E-state index contributed by atoms with van der Waals surface area (Å²) in [5.41, 5.74) is 0.943. The van der Waals surface area contributed by atoms with Crippen LogP contribution < -0.4 is 10.0 Å². The van der Waals surface area contributed by atoms with E-state index in [0.29, 0.717) is 5.92 Å². The fourth-order valence-corrected chi connectivity index (χ4v) is 4.45. The van der Waals surface area contributed by atoms with E-state index >= 15 is 0 Å². The van der Waals surface area contributed by atoms with Crippen molar-refractivity contribution in [2.24, 2.45) is 5.92 Å². The summed E-state index contributed by atoms with van der Waals surface area (Å²) in [6.45, 7) is 5.66. The number of hydrogen-bond donors (Lipinski definition) is 2. The maximum Gasteiger partial charge on any atom is 0.242 e. The monoisotopic (exact) mass is 352 g/mol. The molecule has 2 atom stereocenters. The van der Waals surface area contributed by atoms with Crippen molar-refractivity contribution in [1.29, 1.82) is 0 Å². The molecular formula is C14H22Cl2N2O2S. The number of hydrogen-bond acceptors (Lipinski definition) is 3. The van der Waals surface area contributed by atoms with Crippen molar-refractivity contribution in [2.45, 2.75) is 37.6 Å². The smallest absolute Gasteiger partial charge is 0.242 e. The van der Waals surface area contributed by atoms with E-state index in [1.165, 1.54) is 0 Å². The van der Waals surface area contributed by atoms with Crippen LogP contribution in [0, 0.1) is 12.8 Å².